The largest absolute Gasteiger partial charge is 0.361 e. The minimum absolute atomic E-state index is 0.0542. The molecule has 130 valence electrons. The van der Waals surface area contributed by atoms with E-state index in [0.717, 1.165) is 22.0 Å². The molecule has 3 aromatic rings. The smallest absolute Gasteiger partial charge is 0.224 e. The summed E-state index contributed by atoms with van der Waals surface area (Å²) in [5.74, 6) is -0.322. The first-order valence-electron chi connectivity index (χ1n) is 8.13. The van der Waals surface area contributed by atoms with Crippen molar-refractivity contribution in [1.29, 1.82) is 0 Å². The van der Waals surface area contributed by atoms with Crippen LogP contribution in [0.25, 0.3) is 10.9 Å². The molecule has 0 saturated carbocycles. The minimum Gasteiger partial charge on any atom is -0.361 e. The van der Waals surface area contributed by atoms with Crippen LogP contribution in [-0.2, 0) is 16.6 Å². The summed E-state index contributed by atoms with van der Waals surface area (Å²) in [7, 11) is 0. The van der Waals surface area contributed by atoms with Gasteiger partial charge in [-0.15, -0.1) is 0 Å². The number of carbonyl (C=O) groups is 1. The number of fused-ring (bicyclic) bond motifs is 1. The monoisotopic (exact) mass is 358 g/mol. The molecule has 0 unspecified atom stereocenters. The lowest BCUT2D eigenvalue weighted by Gasteiger charge is -2.25. The number of rotatable bonds is 5. The summed E-state index contributed by atoms with van der Waals surface area (Å²) in [5, 5.41) is 4.47. The van der Waals surface area contributed by atoms with Crippen molar-refractivity contribution in [2.24, 2.45) is 0 Å². The Kier molecular flexibility index (Phi) is 4.82. The standard InChI is InChI=1S/C20H20ClFN2O/c1-20(2,17-11-23-18-8-7-15(22)10-16(17)18)12-24-19(25)9-13-3-5-14(21)6-4-13/h3-8,10-11,23H,9,12H2,1-2H3,(H,24,25). The van der Waals surface area contributed by atoms with Crippen molar-refractivity contribution in [1.82, 2.24) is 10.3 Å². The van der Waals surface area contributed by atoms with Gasteiger partial charge >= 0.3 is 0 Å². The van der Waals surface area contributed by atoms with Crippen LogP contribution in [0.3, 0.4) is 0 Å². The lowest BCUT2D eigenvalue weighted by atomic mass is 9.84. The van der Waals surface area contributed by atoms with Gasteiger partial charge in [0.25, 0.3) is 0 Å². The molecule has 0 atom stereocenters. The van der Waals surface area contributed by atoms with Gasteiger partial charge in [0, 0.05) is 34.1 Å². The van der Waals surface area contributed by atoms with E-state index >= 15 is 0 Å². The van der Waals surface area contributed by atoms with E-state index in [2.05, 4.69) is 10.3 Å². The second-order valence-corrected chi connectivity index (χ2v) is 7.29. The van der Waals surface area contributed by atoms with Crippen molar-refractivity contribution in [3.63, 3.8) is 0 Å². The van der Waals surface area contributed by atoms with Gasteiger partial charge in [-0.25, -0.2) is 4.39 Å². The Labute approximate surface area is 151 Å². The number of nitrogens with one attached hydrogen (secondary N) is 2. The molecule has 25 heavy (non-hydrogen) atoms. The van der Waals surface area contributed by atoms with E-state index in [9.17, 15) is 9.18 Å². The fraction of sp³-hybridized carbons (Fsp3) is 0.250. The van der Waals surface area contributed by atoms with Crippen LogP contribution in [0.5, 0.6) is 0 Å². The highest BCUT2D eigenvalue weighted by Gasteiger charge is 2.25. The fourth-order valence-corrected chi connectivity index (χ4v) is 3.04. The summed E-state index contributed by atoms with van der Waals surface area (Å²) >= 11 is 5.85. The number of amides is 1. The first-order chi connectivity index (χ1) is 11.8. The zero-order valence-electron chi connectivity index (χ0n) is 14.2. The van der Waals surface area contributed by atoms with Gasteiger partial charge in [-0.2, -0.15) is 0 Å². The van der Waals surface area contributed by atoms with Crippen LogP contribution in [0.15, 0.2) is 48.7 Å². The summed E-state index contributed by atoms with van der Waals surface area (Å²) in [6.45, 7) is 4.52. The molecule has 5 heteroatoms. The maximum absolute atomic E-state index is 13.6. The maximum atomic E-state index is 13.6. The Morgan fingerprint density at radius 2 is 1.92 bits per heavy atom. The molecule has 2 N–H and O–H groups in total. The molecule has 0 aliphatic carbocycles. The van der Waals surface area contributed by atoms with E-state index in [0.29, 0.717) is 18.0 Å². The van der Waals surface area contributed by atoms with Crippen molar-refractivity contribution in [3.05, 3.63) is 70.6 Å². The average molecular weight is 359 g/mol. The van der Waals surface area contributed by atoms with Crippen LogP contribution in [-0.4, -0.2) is 17.4 Å². The SMILES string of the molecule is CC(C)(CNC(=O)Cc1ccc(Cl)cc1)c1c[nH]c2ccc(F)cc12. The quantitative estimate of drug-likeness (QED) is 0.688. The number of aromatic nitrogens is 1. The zero-order chi connectivity index (χ0) is 18.0. The second-order valence-electron chi connectivity index (χ2n) is 6.86. The Morgan fingerprint density at radius 3 is 2.64 bits per heavy atom. The zero-order valence-corrected chi connectivity index (χ0v) is 15.0. The minimum atomic E-state index is -0.332. The summed E-state index contributed by atoms with van der Waals surface area (Å²) in [5.41, 5.74) is 2.45. The second kappa shape index (κ2) is 6.89. The highest BCUT2D eigenvalue weighted by Crippen LogP contribution is 2.30. The summed E-state index contributed by atoms with van der Waals surface area (Å²) < 4.78 is 13.6. The Bertz CT molecular complexity index is 900. The number of hydrogen-bond donors (Lipinski definition) is 2. The third kappa shape index (κ3) is 4.02. The first kappa shape index (κ1) is 17.5. The molecule has 0 aliphatic heterocycles. The van der Waals surface area contributed by atoms with Crippen molar-refractivity contribution >= 4 is 28.4 Å². The molecule has 0 saturated heterocycles. The molecule has 2 aromatic carbocycles. The van der Waals surface area contributed by atoms with E-state index in [1.165, 1.54) is 12.1 Å². The van der Waals surface area contributed by atoms with Crippen LogP contribution in [0.2, 0.25) is 5.02 Å². The van der Waals surface area contributed by atoms with Crippen molar-refractivity contribution < 1.29 is 9.18 Å². The predicted molar refractivity (Wildman–Crippen MR) is 99.4 cm³/mol. The van der Waals surface area contributed by atoms with Gasteiger partial charge in [0.05, 0.1) is 6.42 Å². The number of benzene rings is 2. The van der Waals surface area contributed by atoms with Crippen LogP contribution >= 0.6 is 11.6 Å². The third-order valence-corrected chi connectivity index (χ3v) is 4.63. The van der Waals surface area contributed by atoms with Gasteiger partial charge in [0.2, 0.25) is 5.91 Å². The molecule has 0 fully saturated rings. The normalized spacial score (nSPS) is 11.7. The van der Waals surface area contributed by atoms with E-state index < -0.39 is 0 Å². The predicted octanol–water partition coefficient (Wildman–Crippen LogP) is 4.60. The average Bonchev–Trinajstić information content (AvgIpc) is 2.99. The van der Waals surface area contributed by atoms with E-state index in [1.807, 2.05) is 32.2 Å². The Balaban J connectivity index is 1.69. The highest BCUT2D eigenvalue weighted by atomic mass is 35.5. The molecule has 1 aromatic heterocycles. The molecule has 0 radical (unpaired) electrons. The van der Waals surface area contributed by atoms with Crippen LogP contribution in [0.4, 0.5) is 4.39 Å². The molecule has 1 heterocycles. The van der Waals surface area contributed by atoms with Gasteiger partial charge in [0.15, 0.2) is 0 Å². The van der Waals surface area contributed by atoms with Crippen LogP contribution in [0, 0.1) is 5.82 Å². The summed E-state index contributed by atoms with van der Waals surface area (Å²) in [4.78, 5) is 15.4. The van der Waals surface area contributed by atoms with Crippen molar-refractivity contribution in [2.75, 3.05) is 6.54 Å². The van der Waals surface area contributed by atoms with Gasteiger partial charge in [-0.05, 0) is 41.5 Å². The number of halogens is 2. The van der Waals surface area contributed by atoms with E-state index in [-0.39, 0.29) is 17.1 Å². The van der Waals surface area contributed by atoms with Crippen LogP contribution in [0.1, 0.15) is 25.0 Å². The Hall–Kier alpha value is -2.33. The van der Waals surface area contributed by atoms with Crippen molar-refractivity contribution in [2.45, 2.75) is 25.7 Å². The molecule has 3 rings (SSSR count). The number of hydrogen-bond acceptors (Lipinski definition) is 1. The highest BCUT2D eigenvalue weighted by molar-refractivity contribution is 6.30. The number of aromatic amines is 1. The third-order valence-electron chi connectivity index (χ3n) is 4.38. The number of carbonyl (C=O) groups excluding carboxylic acids is 1. The lowest BCUT2D eigenvalue weighted by molar-refractivity contribution is -0.120. The Morgan fingerprint density at radius 1 is 1.20 bits per heavy atom. The van der Waals surface area contributed by atoms with Gasteiger partial charge in [-0.3, -0.25) is 4.79 Å². The molecular weight excluding hydrogens is 339 g/mol. The maximum Gasteiger partial charge on any atom is 0.224 e. The van der Waals surface area contributed by atoms with Gasteiger partial charge in [-0.1, -0.05) is 37.6 Å². The summed E-state index contributed by atoms with van der Waals surface area (Å²) in [6, 6.07) is 11.9. The molecular formula is C20H20ClFN2O. The molecule has 0 bridgehead atoms. The van der Waals surface area contributed by atoms with E-state index in [1.54, 1.807) is 18.2 Å². The lowest BCUT2D eigenvalue weighted by Crippen LogP contribution is -2.37. The fourth-order valence-electron chi connectivity index (χ4n) is 2.92. The van der Waals surface area contributed by atoms with Crippen molar-refractivity contribution in [3.8, 4) is 0 Å². The van der Waals surface area contributed by atoms with E-state index in [4.69, 9.17) is 11.6 Å². The molecule has 0 aliphatic rings. The number of H-pyrrole nitrogens is 1. The topological polar surface area (TPSA) is 44.9 Å². The van der Waals surface area contributed by atoms with Gasteiger partial charge in [0.1, 0.15) is 5.82 Å². The van der Waals surface area contributed by atoms with Gasteiger partial charge < -0.3 is 10.3 Å². The first-order valence-corrected chi connectivity index (χ1v) is 8.51. The summed E-state index contributed by atoms with van der Waals surface area (Å²) in [6.07, 6.45) is 2.19. The molecule has 1 amide bonds. The molecule has 3 nitrogen and oxygen atoms in total. The van der Waals surface area contributed by atoms with Crippen LogP contribution < -0.4 is 5.32 Å². The molecule has 0 spiro atoms.